The fourth-order valence-corrected chi connectivity index (χ4v) is 5.33. The van der Waals surface area contributed by atoms with Gasteiger partial charge in [-0.3, -0.25) is 9.69 Å². The van der Waals surface area contributed by atoms with E-state index in [4.69, 9.17) is 4.74 Å². The van der Waals surface area contributed by atoms with Crippen LogP contribution in [0.4, 0.5) is 5.69 Å². The first-order valence-electron chi connectivity index (χ1n) is 12.4. The molecule has 1 N–H and O–H groups in total. The summed E-state index contributed by atoms with van der Waals surface area (Å²) in [6.07, 6.45) is 9.17. The summed E-state index contributed by atoms with van der Waals surface area (Å²) in [5.74, 6) is 0.979. The first kappa shape index (κ1) is 22.8. The molecule has 1 saturated carbocycles. The third-order valence-corrected chi connectivity index (χ3v) is 7.45. The van der Waals surface area contributed by atoms with Gasteiger partial charge >= 0.3 is 0 Å². The summed E-state index contributed by atoms with van der Waals surface area (Å²) in [5, 5.41) is 3.20. The summed E-state index contributed by atoms with van der Waals surface area (Å²) in [6.45, 7) is 7.25. The zero-order valence-electron chi connectivity index (χ0n) is 19.7. The van der Waals surface area contributed by atoms with Crippen LogP contribution in [0.3, 0.4) is 0 Å². The number of nitrogens with zero attached hydrogens (tertiary/aromatic N) is 1. The quantitative estimate of drug-likeness (QED) is 0.573. The number of piperidine rings is 1. The van der Waals surface area contributed by atoms with Gasteiger partial charge in [-0.25, -0.2) is 0 Å². The molecule has 0 bridgehead atoms. The highest BCUT2D eigenvalue weighted by Crippen LogP contribution is 2.40. The predicted molar refractivity (Wildman–Crippen MR) is 131 cm³/mol. The number of rotatable bonds is 7. The van der Waals surface area contributed by atoms with Gasteiger partial charge in [0.25, 0.3) is 0 Å². The maximum atomic E-state index is 13.5. The number of anilines is 1. The Morgan fingerprint density at radius 1 is 1.00 bits per heavy atom. The molecular weight excluding hydrogens is 396 g/mol. The van der Waals surface area contributed by atoms with Gasteiger partial charge in [-0.1, -0.05) is 55.5 Å². The third kappa shape index (κ3) is 5.35. The molecule has 172 valence electrons. The highest BCUT2D eigenvalue weighted by molar-refractivity contribution is 5.99. The lowest BCUT2D eigenvalue weighted by Gasteiger charge is -2.36. The Morgan fingerprint density at radius 2 is 1.72 bits per heavy atom. The molecule has 0 spiro atoms. The van der Waals surface area contributed by atoms with E-state index in [9.17, 15) is 4.79 Å². The zero-order chi connectivity index (χ0) is 22.4. The molecule has 2 fully saturated rings. The molecule has 1 atom stereocenters. The van der Waals surface area contributed by atoms with Crippen LogP contribution in [0.15, 0.2) is 48.5 Å². The van der Waals surface area contributed by atoms with Crippen molar-refractivity contribution in [1.82, 2.24) is 4.90 Å². The van der Waals surface area contributed by atoms with Gasteiger partial charge in [0.1, 0.15) is 12.4 Å². The molecule has 1 aliphatic heterocycles. The Morgan fingerprint density at radius 3 is 2.41 bits per heavy atom. The van der Waals surface area contributed by atoms with Crippen molar-refractivity contribution in [2.24, 2.45) is 0 Å². The second-order valence-electron chi connectivity index (χ2n) is 9.72. The van der Waals surface area contributed by atoms with Crippen LogP contribution in [-0.2, 0) is 10.2 Å². The number of hydrogen-bond donors (Lipinski definition) is 1. The number of hydrogen-bond acceptors (Lipinski definition) is 3. The predicted octanol–water partition coefficient (Wildman–Crippen LogP) is 6.09. The minimum Gasteiger partial charge on any atom is -0.492 e. The first-order valence-corrected chi connectivity index (χ1v) is 12.4. The molecular formula is C28H38N2O2. The van der Waals surface area contributed by atoms with E-state index in [-0.39, 0.29) is 5.91 Å². The molecule has 1 aliphatic carbocycles. The second kappa shape index (κ2) is 10.5. The van der Waals surface area contributed by atoms with Crippen molar-refractivity contribution >= 4 is 11.6 Å². The zero-order valence-corrected chi connectivity index (χ0v) is 19.7. The number of carbonyl (C=O) groups excluding carboxylic acids is 1. The van der Waals surface area contributed by atoms with Crippen molar-refractivity contribution in [3.8, 4) is 5.75 Å². The van der Waals surface area contributed by atoms with E-state index >= 15 is 0 Å². The van der Waals surface area contributed by atoms with Gasteiger partial charge in [0.05, 0.1) is 5.41 Å². The molecule has 0 aromatic heterocycles. The molecule has 1 amide bonds. The highest BCUT2D eigenvalue weighted by atomic mass is 16.5. The van der Waals surface area contributed by atoms with Crippen molar-refractivity contribution < 1.29 is 9.53 Å². The van der Waals surface area contributed by atoms with E-state index in [1.807, 2.05) is 24.3 Å². The van der Waals surface area contributed by atoms with Gasteiger partial charge in [-0.05, 0) is 75.9 Å². The van der Waals surface area contributed by atoms with Crippen LogP contribution in [0.25, 0.3) is 0 Å². The van der Waals surface area contributed by atoms with Crippen LogP contribution in [0, 0.1) is 6.92 Å². The number of likely N-dealkylation sites (tertiary alicyclic amines) is 1. The van der Waals surface area contributed by atoms with Gasteiger partial charge in [0.15, 0.2) is 0 Å². The molecule has 2 aliphatic rings. The maximum Gasteiger partial charge on any atom is 0.235 e. The van der Waals surface area contributed by atoms with E-state index in [0.717, 1.165) is 49.2 Å². The van der Waals surface area contributed by atoms with Crippen molar-refractivity contribution in [3.63, 3.8) is 0 Å². The lowest BCUT2D eigenvalue weighted by molar-refractivity contribution is -0.122. The van der Waals surface area contributed by atoms with Crippen molar-refractivity contribution in [1.29, 1.82) is 0 Å². The van der Waals surface area contributed by atoms with Crippen LogP contribution in [0.1, 0.15) is 69.4 Å². The minimum atomic E-state index is -0.424. The Bertz CT molecular complexity index is 869. The second-order valence-corrected chi connectivity index (χ2v) is 9.72. The number of amides is 1. The van der Waals surface area contributed by atoms with Gasteiger partial charge in [-0.2, -0.15) is 0 Å². The van der Waals surface area contributed by atoms with Gasteiger partial charge in [0, 0.05) is 18.3 Å². The van der Waals surface area contributed by atoms with E-state index in [1.165, 1.54) is 37.8 Å². The summed E-state index contributed by atoms with van der Waals surface area (Å²) < 4.78 is 5.98. The Labute approximate surface area is 193 Å². The van der Waals surface area contributed by atoms with Crippen molar-refractivity contribution in [2.45, 2.75) is 76.7 Å². The third-order valence-electron chi connectivity index (χ3n) is 7.45. The van der Waals surface area contributed by atoms with Crippen molar-refractivity contribution in [3.05, 3.63) is 59.7 Å². The molecule has 0 unspecified atom stereocenters. The van der Waals surface area contributed by atoms with E-state index in [0.29, 0.717) is 12.6 Å². The molecule has 4 nitrogen and oxygen atoms in total. The van der Waals surface area contributed by atoms with E-state index < -0.39 is 5.41 Å². The fourth-order valence-electron chi connectivity index (χ4n) is 5.33. The molecule has 2 aromatic carbocycles. The van der Waals surface area contributed by atoms with Crippen LogP contribution in [0.2, 0.25) is 0 Å². The van der Waals surface area contributed by atoms with E-state index in [2.05, 4.69) is 48.3 Å². The molecule has 1 heterocycles. The van der Waals surface area contributed by atoms with Crippen molar-refractivity contribution in [2.75, 3.05) is 25.0 Å². The SMILES string of the molecule is Cc1ccc(C2(C(=O)Nc3ccc(OCCN4CCCC[C@@H]4C)cc3)CCCCC2)cc1. The van der Waals surface area contributed by atoms with Crippen LogP contribution in [-0.4, -0.2) is 36.5 Å². The summed E-state index contributed by atoms with van der Waals surface area (Å²) in [7, 11) is 0. The maximum absolute atomic E-state index is 13.5. The summed E-state index contributed by atoms with van der Waals surface area (Å²) in [6, 6.07) is 17.0. The largest absolute Gasteiger partial charge is 0.492 e. The summed E-state index contributed by atoms with van der Waals surface area (Å²) in [4.78, 5) is 16.0. The number of nitrogens with one attached hydrogen (secondary N) is 1. The van der Waals surface area contributed by atoms with Crippen LogP contribution in [0.5, 0.6) is 5.75 Å². The lowest BCUT2D eigenvalue weighted by Crippen LogP contribution is -2.42. The normalized spacial score (nSPS) is 21.1. The average Bonchev–Trinajstić information content (AvgIpc) is 2.82. The standard InChI is InChI=1S/C28H38N2O2/c1-22-9-11-24(12-10-22)28(17-5-3-6-18-28)27(31)29-25-13-15-26(16-14-25)32-21-20-30-19-7-4-8-23(30)2/h9-16,23H,3-8,17-21H2,1-2H3,(H,29,31)/t23-/m0/s1. The topological polar surface area (TPSA) is 41.6 Å². The summed E-state index contributed by atoms with van der Waals surface area (Å²) >= 11 is 0. The molecule has 0 radical (unpaired) electrons. The van der Waals surface area contributed by atoms with Gasteiger partial charge < -0.3 is 10.1 Å². The fraction of sp³-hybridized carbons (Fsp3) is 0.536. The van der Waals surface area contributed by atoms with E-state index in [1.54, 1.807) is 0 Å². The number of aryl methyl sites for hydroxylation is 1. The molecule has 4 rings (SSSR count). The lowest BCUT2D eigenvalue weighted by atomic mass is 9.68. The number of ether oxygens (including phenoxy) is 1. The smallest absolute Gasteiger partial charge is 0.235 e. The summed E-state index contributed by atoms with van der Waals surface area (Å²) in [5.41, 5.74) is 2.79. The molecule has 2 aromatic rings. The Kier molecular flexibility index (Phi) is 7.51. The minimum absolute atomic E-state index is 0.119. The molecule has 32 heavy (non-hydrogen) atoms. The van der Waals surface area contributed by atoms with Crippen LogP contribution < -0.4 is 10.1 Å². The number of benzene rings is 2. The van der Waals surface area contributed by atoms with Gasteiger partial charge in [0.2, 0.25) is 5.91 Å². The van der Waals surface area contributed by atoms with Crippen LogP contribution >= 0.6 is 0 Å². The monoisotopic (exact) mass is 434 g/mol. The molecule has 1 saturated heterocycles. The number of carbonyl (C=O) groups is 1. The molecule has 4 heteroatoms. The Hall–Kier alpha value is -2.33. The Balaban J connectivity index is 1.36. The first-order chi connectivity index (χ1) is 15.6. The van der Waals surface area contributed by atoms with Gasteiger partial charge in [-0.15, -0.1) is 0 Å². The highest BCUT2D eigenvalue weighted by Gasteiger charge is 2.41. The average molecular weight is 435 g/mol.